The highest BCUT2D eigenvalue weighted by Crippen LogP contribution is 2.20. The van der Waals surface area contributed by atoms with E-state index in [1.165, 1.54) is 0 Å². The number of hydrogen-bond donors (Lipinski definition) is 2. The lowest BCUT2D eigenvalue weighted by Gasteiger charge is -2.29. The lowest BCUT2D eigenvalue weighted by Crippen LogP contribution is -2.55. The van der Waals surface area contributed by atoms with E-state index in [2.05, 4.69) is 5.32 Å². The zero-order valence-electron chi connectivity index (χ0n) is 12.7. The Labute approximate surface area is 120 Å². The number of rotatable bonds is 5. The minimum atomic E-state index is -1.07. The Bertz CT molecular complexity index is 492. The number of nitrogens with one attached hydrogen (secondary N) is 1. The molecule has 20 heavy (non-hydrogen) atoms. The van der Waals surface area contributed by atoms with Crippen LogP contribution in [0, 0.1) is 6.92 Å². The topological polar surface area (TPSA) is 75.4 Å². The van der Waals surface area contributed by atoms with E-state index in [0.717, 1.165) is 11.1 Å². The predicted molar refractivity (Wildman–Crippen MR) is 79.0 cm³/mol. The summed E-state index contributed by atoms with van der Waals surface area (Å²) < 4.78 is 0. The van der Waals surface area contributed by atoms with Gasteiger partial charge < -0.3 is 11.1 Å². The van der Waals surface area contributed by atoms with Crippen molar-refractivity contribution in [1.82, 2.24) is 10.2 Å². The first-order chi connectivity index (χ1) is 9.15. The molecule has 2 amide bonds. The zero-order valence-corrected chi connectivity index (χ0v) is 12.7. The lowest BCUT2D eigenvalue weighted by atomic mass is 10.00. The molecule has 1 rings (SSSR count). The van der Waals surface area contributed by atoms with Gasteiger partial charge in [0.2, 0.25) is 11.8 Å². The standard InChI is InChI=1S/C15H23N3O2/c1-10-6-8-11(9-7-10)12(18(4)5)13(19)17-15(2,3)14(16)20/h6-9,12H,1-5H3,(H2,16,20)(H,17,19). The molecule has 1 unspecified atom stereocenters. The fourth-order valence-corrected chi connectivity index (χ4v) is 1.87. The second kappa shape index (κ2) is 6.05. The van der Waals surface area contributed by atoms with Crippen molar-refractivity contribution in [3.63, 3.8) is 0 Å². The average Bonchev–Trinajstić information content (AvgIpc) is 2.30. The average molecular weight is 277 g/mol. The Morgan fingerprint density at radius 1 is 1.20 bits per heavy atom. The third-order valence-corrected chi connectivity index (χ3v) is 3.21. The quantitative estimate of drug-likeness (QED) is 0.842. The number of carbonyl (C=O) groups excluding carboxylic acids is 2. The molecular weight excluding hydrogens is 254 g/mol. The number of aryl methyl sites for hydroxylation is 1. The van der Waals surface area contributed by atoms with Crippen LogP contribution < -0.4 is 11.1 Å². The summed E-state index contributed by atoms with van der Waals surface area (Å²) >= 11 is 0. The molecule has 0 spiro atoms. The highest BCUT2D eigenvalue weighted by Gasteiger charge is 2.31. The van der Waals surface area contributed by atoms with E-state index >= 15 is 0 Å². The molecule has 5 heteroatoms. The van der Waals surface area contributed by atoms with Crippen molar-refractivity contribution in [3.8, 4) is 0 Å². The number of nitrogens with two attached hydrogens (primary N) is 1. The summed E-state index contributed by atoms with van der Waals surface area (Å²) in [5.74, 6) is -0.810. The Morgan fingerprint density at radius 3 is 2.10 bits per heavy atom. The van der Waals surface area contributed by atoms with Gasteiger partial charge in [0, 0.05) is 0 Å². The summed E-state index contributed by atoms with van der Waals surface area (Å²) in [5, 5.41) is 2.70. The Morgan fingerprint density at radius 2 is 1.70 bits per heavy atom. The molecule has 0 saturated carbocycles. The minimum absolute atomic E-state index is 0.248. The van der Waals surface area contributed by atoms with Crippen molar-refractivity contribution >= 4 is 11.8 Å². The summed E-state index contributed by atoms with van der Waals surface area (Å²) in [6.07, 6.45) is 0. The largest absolute Gasteiger partial charge is 0.368 e. The first-order valence-corrected chi connectivity index (χ1v) is 6.50. The van der Waals surface area contributed by atoms with Crippen LogP contribution in [-0.2, 0) is 9.59 Å². The predicted octanol–water partition coefficient (Wildman–Crippen LogP) is 0.978. The zero-order chi connectivity index (χ0) is 15.5. The minimum Gasteiger partial charge on any atom is -0.368 e. The van der Waals surface area contributed by atoms with Crippen molar-refractivity contribution in [2.45, 2.75) is 32.4 Å². The fourth-order valence-electron chi connectivity index (χ4n) is 1.87. The molecule has 5 nitrogen and oxygen atoms in total. The third kappa shape index (κ3) is 3.81. The second-order valence-electron chi connectivity index (χ2n) is 5.76. The number of primary amides is 1. The molecule has 0 heterocycles. The number of benzene rings is 1. The first-order valence-electron chi connectivity index (χ1n) is 6.50. The number of amides is 2. The molecule has 1 aromatic carbocycles. The molecule has 0 aliphatic carbocycles. The molecule has 1 aromatic rings. The molecule has 0 aliphatic heterocycles. The Hall–Kier alpha value is -1.88. The monoisotopic (exact) mass is 277 g/mol. The van der Waals surface area contributed by atoms with Gasteiger partial charge in [-0.05, 0) is 40.4 Å². The van der Waals surface area contributed by atoms with Crippen molar-refractivity contribution in [1.29, 1.82) is 0 Å². The van der Waals surface area contributed by atoms with Gasteiger partial charge in [0.15, 0.2) is 0 Å². The van der Waals surface area contributed by atoms with Gasteiger partial charge in [-0.2, -0.15) is 0 Å². The van der Waals surface area contributed by atoms with Crippen LogP contribution in [0.4, 0.5) is 0 Å². The summed E-state index contributed by atoms with van der Waals surface area (Å²) in [6.45, 7) is 5.18. The molecule has 110 valence electrons. The van der Waals surface area contributed by atoms with Gasteiger partial charge >= 0.3 is 0 Å². The maximum atomic E-state index is 12.4. The SMILES string of the molecule is Cc1ccc(C(C(=O)NC(C)(C)C(N)=O)N(C)C)cc1. The maximum Gasteiger partial charge on any atom is 0.242 e. The van der Waals surface area contributed by atoms with Gasteiger partial charge in [-0.1, -0.05) is 29.8 Å². The fraction of sp³-hybridized carbons (Fsp3) is 0.467. The van der Waals surface area contributed by atoms with Crippen LogP contribution in [0.5, 0.6) is 0 Å². The first kappa shape index (κ1) is 16.2. The van der Waals surface area contributed by atoms with E-state index in [0.29, 0.717) is 0 Å². The van der Waals surface area contributed by atoms with E-state index in [1.54, 1.807) is 18.7 Å². The van der Waals surface area contributed by atoms with Crippen molar-refractivity contribution in [2.24, 2.45) is 5.73 Å². The van der Waals surface area contributed by atoms with Crippen LogP contribution in [0.1, 0.15) is 31.0 Å². The van der Waals surface area contributed by atoms with E-state index in [-0.39, 0.29) is 5.91 Å². The molecule has 0 aliphatic rings. The van der Waals surface area contributed by atoms with Crippen LogP contribution in [0.25, 0.3) is 0 Å². The molecule has 0 aromatic heterocycles. The summed E-state index contributed by atoms with van der Waals surface area (Å²) in [7, 11) is 3.64. The number of nitrogens with zero attached hydrogens (tertiary/aromatic N) is 1. The number of likely N-dealkylation sites (N-methyl/N-ethyl adjacent to an activating group) is 1. The highest BCUT2D eigenvalue weighted by molar-refractivity contribution is 5.92. The van der Waals surface area contributed by atoms with Crippen LogP contribution in [0.15, 0.2) is 24.3 Å². The Balaban J connectivity index is 3.00. The smallest absolute Gasteiger partial charge is 0.242 e. The molecule has 0 radical (unpaired) electrons. The summed E-state index contributed by atoms with van der Waals surface area (Å²) in [4.78, 5) is 25.6. The van der Waals surface area contributed by atoms with Gasteiger partial charge in [-0.3, -0.25) is 14.5 Å². The molecule has 0 bridgehead atoms. The summed E-state index contributed by atoms with van der Waals surface area (Å²) in [5.41, 5.74) is 6.22. The molecule has 1 atom stereocenters. The number of carbonyl (C=O) groups is 2. The molecule has 0 saturated heterocycles. The van der Waals surface area contributed by atoms with Crippen molar-refractivity contribution in [2.75, 3.05) is 14.1 Å². The van der Waals surface area contributed by atoms with E-state index in [9.17, 15) is 9.59 Å². The van der Waals surface area contributed by atoms with Crippen molar-refractivity contribution in [3.05, 3.63) is 35.4 Å². The normalized spacial score (nSPS) is 13.1. The Kier molecular flexibility index (Phi) is 4.89. The van der Waals surface area contributed by atoms with Crippen LogP contribution in [0.2, 0.25) is 0 Å². The molecule has 3 N–H and O–H groups in total. The van der Waals surface area contributed by atoms with Gasteiger partial charge in [0.25, 0.3) is 0 Å². The van der Waals surface area contributed by atoms with Gasteiger partial charge in [-0.25, -0.2) is 0 Å². The third-order valence-electron chi connectivity index (χ3n) is 3.21. The van der Waals surface area contributed by atoms with Gasteiger partial charge in [0.05, 0.1) is 0 Å². The number of hydrogen-bond acceptors (Lipinski definition) is 3. The molecule has 0 fully saturated rings. The van der Waals surface area contributed by atoms with Crippen LogP contribution in [0.3, 0.4) is 0 Å². The van der Waals surface area contributed by atoms with Crippen molar-refractivity contribution < 1.29 is 9.59 Å². The highest BCUT2D eigenvalue weighted by atomic mass is 16.2. The van der Waals surface area contributed by atoms with Gasteiger partial charge in [0.1, 0.15) is 11.6 Å². The lowest BCUT2D eigenvalue weighted by molar-refractivity contribution is -0.133. The van der Waals surface area contributed by atoms with E-state index in [4.69, 9.17) is 5.73 Å². The molecular formula is C15H23N3O2. The summed E-state index contributed by atoms with van der Waals surface area (Å²) in [6, 6.07) is 7.28. The van der Waals surface area contributed by atoms with Crippen LogP contribution >= 0.6 is 0 Å². The second-order valence-corrected chi connectivity index (χ2v) is 5.76. The van der Waals surface area contributed by atoms with E-state index < -0.39 is 17.5 Å². The van der Waals surface area contributed by atoms with Gasteiger partial charge in [-0.15, -0.1) is 0 Å². The van der Waals surface area contributed by atoms with E-state index in [1.807, 2.05) is 45.3 Å². The maximum absolute atomic E-state index is 12.4. The van der Waals surface area contributed by atoms with Crippen LogP contribution in [-0.4, -0.2) is 36.3 Å².